The van der Waals surface area contributed by atoms with Crippen molar-refractivity contribution >= 4 is 0 Å². The summed E-state index contributed by atoms with van der Waals surface area (Å²) in [5.74, 6) is 5.79. The molecule has 2 heteroatoms. The lowest BCUT2D eigenvalue weighted by atomic mass is 10.1. The summed E-state index contributed by atoms with van der Waals surface area (Å²) in [6, 6.07) is 3.96. The quantitative estimate of drug-likeness (QED) is 0.694. The number of nitrogens with two attached hydrogens (primary N) is 1. The lowest BCUT2D eigenvalue weighted by Gasteiger charge is -2.07. The van der Waals surface area contributed by atoms with Gasteiger partial charge in [0.15, 0.2) is 0 Å². The zero-order valence-electron chi connectivity index (χ0n) is 8.04. The summed E-state index contributed by atoms with van der Waals surface area (Å²) in [5.41, 5.74) is 7.95. The third-order valence-corrected chi connectivity index (χ3v) is 1.86. The Morgan fingerprint density at radius 3 is 2.85 bits per heavy atom. The molecule has 0 radical (unpaired) electrons. The molecule has 68 valence electrons. The Morgan fingerprint density at radius 2 is 2.31 bits per heavy atom. The summed E-state index contributed by atoms with van der Waals surface area (Å²) in [5, 5.41) is 0. The van der Waals surface area contributed by atoms with E-state index < -0.39 is 0 Å². The van der Waals surface area contributed by atoms with Crippen LogP contribution in [0, 0.1) is 18.8 Å². The molecule has 2 N–H and O–H groups in total. The highest BCUT2D eigenvalue weighted by Crippen LogP contribution is 2.11. The molecule has 0 fully saturated rings. The highest BCUT2D eigenvalue weighted by atomic mass is 14.7. The normalized spacial score (nSPS) is 11.6. The van der Waals surface area contributed by atoms with Crippen molar-refractivity contribution in [2.24, 2.45) is 5.73 Å². The fourth-order valence-electron chi connectivity index (χ4n) is 1.03. The van der Waals surface area contributed by atoms with E-state index in [-0.39, 0.29) is 6.04 Å². The molecule has 0 aliphatic heterocycles. The fourth-order valence-corrected chi connectivity index (χ4v) is 1.03. The van der Waals surface area contributed by atoms with Gasteiger partial charge in [-0.05, 0) is 25.5 Å². The van der Waals surface area contributed by atoms with Crippen LogP contribution in [0.25, 0.3) is 0 Å². The fraction of sp³-hybridized carbons (Fsp3) is 0.364. The first-order valence-corrected chi connectivity index (χ1v) is 4.31. The van der Waals surface area contributed by atoms with E-state index in [2.05, 4.69) is 16.8 Å². The summed E-state index contributed by atoms with van der Waals surface area (Å²) in [6.45, 7) is 3.78. The molecule has 0 bridgehead atoms. The predicted molar refractivity (Wildman–Crippen MR) is 54.0 cm³/mol. The van der Waals surface area contributed by atoms with Gasteiger partial charge < -0.3 is 5.73 Å². The van der Waals surface area contributed by atoms with Gasteiger partial charge in [-0.3, -0.25) is 4.98 Å². The molecular weight excluding hydrogens is 160 g/mol. The van der Waals surface area contributed by atoms with Crippen molar-refractivity contribution < 1.29 is 0 Å². The topological polar surface area (TPSA) is 38.9 Å². The molecule has 0 aliphatic carbocycles. The van der Waals surface area contributed by atoms with Crippen LogP contribution in [0.1, 0.15) is 30.6 Å². The van der Waals surface area contributed by atoms with Crippen LogP contribution in [0.2, 0.25) is 0 Å². The standard InChI is InChI=1S/C11H14N2/c1-3-4-5-11(12)10-7-6-9(2)13-8-10/h6-8,11H,5,12H2,1-2H3. The molecule has 2 nitrogen and oxygen atoms in total. The molecule has 1 aromatic heterocycles. The molecular formula is C11H14N2. The monoisotopic (exact) mass is 174 g/mol. The number of hydrogen-bond acceptors (Lipinski definition) is 2. The molecule has 0 saturated heterocycles. The summed E-state index contributed by atoms with van der Waals surface area (Å²) in [4.78, 5) is 4.18. The largest absolute Gasteiger partial charge is 0.323 e. The Labute approximate surface area is 79.2 Å². The smallest absolute Gasteiger partial charge is 0.0421 e. The van der Waals surface area contributed by atoms with E-state index in [9.17, 15) is 0 Å². The summed E-state index contributed by atoms with van der Waals surface area (Å²) in [7, 11) is 0. The Kier molecular flexibility index (Phi) is 3.48. The zero-order chi connectivity index (χ0) is 9.68. The minimum Gasteiger partial charge on any atom is -0.323 e. The molecule has 0 aromatic carbocycles. The molecule has 0 saturated carbocycles. The highest BCUT2D eigenvalue weighted by Gasteiger charge is 2.03. The van der Waals surface area contributed by atoms with Gasteiger partial charge in [0.25, 0.3) is 0 Å². The minimum atomic E-state index is -0.0134. The molecule has 0 amide bonds. The average Bonchev–Trinajstić information content (AvgIpc) is 2.15. The van der Waals surface area contributed by atoms with Crippen molar-refractivity contribution in [3.05, 3.63) is 29.6 Å². The number of aryl methyl sites for hydroxylation is 1. The van der Waals surface area contributed by atoms with Crippen LogP contribution in [0.4, 0.5) is 0 Å². The van der Waals surface area contributed by atoms with Crippen LogP contribution in [0.5, 0.6) is 0 Å². The van der Waals surface area contributed by atoms with Gasteiger partial charge in [0, 0.05) is 24.4 Å². The minimum absolute atomic E-state index is 0.0134. The van der Waals surface area contributed by atoms with E-state index in [1.165, 1.54) is 0 Å². The van der Waals surface area contributed by atoms with E-state index in [0.717, 1.165) is 11.3 Å². The first-order chi connectivity index (χ1) is 6.24. The molecule has 1 unspecified atom stereocenters. The van der Waals surface area contributed by atoms with E-state index in [4.69, 9.17) is 5.73 Å². The summed E-state index contributed by atoms with van der Waals surface area (Å²) < 4.78 is 0. The number of aromatic nitrogens is 1. The average molecular weight is 174 g/mol. The van der Waals surface area contributed by atoms with Crippen molar-refractivity contribution in [1.29, 1.82) is 0 Å². The second-order valence-corrected chi connectivity index (χ2v) is 2.97. The lowest BCUT2D eigenvalue weighted by Crippen LogP contribution is -2.09. The van der Waals surface area contributed by atoms with Crippen molar-refractivity contribution in [3.8, 4) is 11.8 Å². The predicted octanol–water partition coefficient (Wildman–Crippen LogP) is 1.80. The van der Waals surface area contributed by atoms with Gasteiger partial charge in [-0.1, -0.05) is 6.07 Å². The molecule has 1 rings (SSSR count). The second-order valence-electron chi connectivity index (χ2n) is 2.97. The third-order valence-electron chi connectivity index (χ3n) is 1.86. The van der Waals surface area contributed by atoms with Gasteiger partial charge in [-0.2, -0.15) is 0 Å². The first kappa shape index (κ1) is 9.76. The summed E-state index contributed by atoms with van der Waals surface area (Å²) >= 11 is 0. The molecule has 1 heterocycles. The van der Waals surface area contributed by atoms with E-state index in [0.29, 0.717) is 6.42 Å². The Bertz CT molecular complexity index is 316. The number of hydrogen-bond donors (Lipinski definition) is 1. The van der Waals surface area contributed by atoms with Gasteiger partial charge in [-0.25, -0.2) is 0 Å². The molecule has 13 heavy (non-hydrogen) atoms. The first-order valence-electron chi connectivity index (χ1n) is 4.31. The SMILES string of the molecule is CC#CCC(N)c1ccc(C)nc1. The summed E-state index contributed by atoms with van der Waals surface area (Å²) in [6.07, 6.45) is 2.51. The van der Waals surface area contributed by atoms with E-state index >= 15 is 0 Å². The molecule has 1 aromatic rings. The lowest BCUT2D eigenvalue weighted by molar-refractivity contribution is 0.748. The number of nitrogens with zero attached hydrogens (tertiary/aromatic N) is 1. The molecule has 1 atom stereocenters. The van der Waals surface area contributed by atoms with Crippen LogP contribution in [-0.2, 0) is 0 Å². The highest BCUT2D eigenvalue weighted by molar-refractivity contribution is 5.18. The molecule has 0 aliphatic rings. The maximum Gasteiger partial charge on any atom is 0.0421 e. The van der Waals surface area contributed by atoms with E-state index in [1.54, 1.807) is 0 Å². The van der Waals surface area contributed by atoms with Crippen LogP contribution in [0.3, 0.4) is 0 Å². The van der Waals surface area contributed by atoms with Gasteiger partial charge in [0.05, 0.1) is 0 Å². The van der Waals surface area contributed by atoms with Crippen LogP contribution in [-0.4, -0.2) is 4.98 Å². The van der Waals surface area contributed by atoms with Gasteiger partial charge in [0.1, 0.15) is 0 Å². The van der Waals surface area contributed by atoms with Crippen molar-refractivity contribution in [2.75, 3.05) is 0 Å². The number of pyridine rings is 1. The second kappa shape index (κ2) is 4.64. The van der Waals surface area contributed by atoms with E-state index in [1.807, 2.05) is 32.2 Å². The Morgan fingerprint density at radius 1 is 1.54 bits per heavy atom. The maximum atomic E-state index is 5.89. The van der Waals surface area contributed by atoms with Crippen molar-refractivity contribution in [2.45, 2.75) is 26.3 Å². The Hall–Kier alpha value is -1.33. The zero-order valence-corrected chi connectivity index (χ0v) is 8.04. The van der Waals surface area contributed by atoms with Crippen molar-refractivity contribution in [3.63, 3.8) is 0 Å². The number of rotatable bonds is 2. The maximum absolute atomic E-state index is 5.89. The molecule has 0 spiro atoms. The van der Waals surface area contributed by atoms with Crippen LogP contribution >= 0.6 is 0 Å². The van der Waals surface area contributed by atoms with Gasteiger partial charge >= 0.3 is 0 Å². The van der Waals surface area contributed by atoms with Crippen LogP contribution in [0.15, 0.2) is 18.3 Å². The Balaban J connectivity index is 2.69. The third kappa shape index (κ3) is 2.89. The van der Waals surface area contributed by atoms with Gasteiger partial charge in [0.2, 0.25) is 0 Å². The van der Waals surface area contributed by atoms with Gasteiger partial charge in [-0.15, -0.1) is 11.8 Å². The van der Waals surface area contributed by atoms with Crippen molar-refractivity contribution in [1.82, 2.24) is 4.98 Å². The van der Waals surface area contributed by atoms with Crippen LogP contribution < -0.4 is 5.73 Å².